The van der Waals surface area contributed by atoms with E-state index in [1.165, 1.54) is 12.1 Å². The molecule has 0 aliphatic heterocycles. The van der Waals surface area contributed by atoms with E-state index >= 15 is 0 Å². The van der Waals surface area contributed by atoms with Crippen molar-refractivity contribution in [3.8, 4) is 5.75 Å². The molecular formula is C20H20F3NO. The lowest BCUT2D eigenvalue weighted by molar-refractivity contribution is -0.138. The van der Waals surface area contributed by atoms with Crippen LogP contribution in [-0.4, -0.2) is 11.2 Å². The molecule has 25 heavy (non-hydrogen) atoms. The monoisotopic (exact) mass is 347 g/mol. The van der Waals surface area contributed by atoms with Gasteiger partial charge in [0.2, 0.25) is 0 Å². The van der Waals surface area contributed by atoms with Gasteiger partial charge in [0, 0.05) is 24.5 Å². The first-order valence-corrected chi connectivity index (χ1v) is 8.36. The van der Waals surface area contributed by atoms with Gasteiger partial charge in [-0.25, -0.2) is 0 Å². The molecule has 0 bridgehead atoms. The number of hydrogen-bond donors (Lipinski definition) is 0. The molecular weight excluding hydrogens is 327 g/mol. The van der Waals surface area contributed by atoms with Gasteiger partial charge in [0.25, 0.3) is 0 Å². The number of aryl methyl sites for hydroxylation is 1. The van der Waals surface area contributed by atoms with E-state index in [-0.39, 0.29) is 18.6 Å². The van der Waals surface area contributed by atoms with E-state index in [0.29, 0.717) is 5.75 Å². The van der Waals surface area contributed by atoms with Crippen LogP contribution in [0.2, 0.25) is 0 Å². The Labute approximate surface area is 144 Å². The first-order chi connectivity index (χ1) is 12.0. The van der Waals surface area contributed by atoms with Crippen LogP contribution in [0.1, 0.15) is 24.5 Å². The zero-order valence-electron chi connectivity index (χ0n) is 14.0. The minimum absolute atomic E-state index is 0.200. The Morgan fingerprint density at radius 1 is 1.00 bits per heavy atom. The molecule has 0 unspecified atom stereocenters. The zero-order chi connectivity index (χ0) is 17.9. The molecule has 0 saturated heterocycles. The van der Waals surface area contributed by atoms with Gasteiger partial charge in [0.1, 0.15) is 5.75 Å². The van der Waals surface area contributed by atoms with Gasteiger partial charge in [-0.05, 0) is 36.2 Å². The zero-order valence-corrected chi connectivity index (χ0v) is 14.0. The minimum atomic E-state index is -4.34. The molecule has 3 aromatic rings. The Kier molecular flexibility index (Phi) is 5.02. The Balaban J connectivity index is 1.74. The lowest BCUT2D eigenvalue weighted by Crippen LogP contribution is -2.11. The molecule has 132 valence electrons. The average Bonchev–Trinajstić information content (AvgIpc) is 2.99. The predicted molar refractivity (Wildman–Crippen MR) is 92.9 cm³/mol. The van der Waals surface area contributed by atoms with E-state index in [4.69, 9.17) is 4.74 Å². The summed E-state index contributed by atoms with van der Waals surface area (Å²) in [5.74, 6) is 0.705. The summed E-state index contributed by atoms with van der Waals surface area (Å²) >= 11 is 0. The lowest BCUT2D eigenvalue weighted by Gasteiger charge is -2.13. The molecule has 0 fully saturated rings. The summed E-state index contributed by atoms with van der Waals surface area (Å²) in [4.78, 5) is 0. The van der Waals surface area contributed by atoms with Gasteiger partial charge in [-0.15, -0.1) is 0 Å². The minimum Gasteiger partial charge on any atom is -0.493 e. The maximum atomic E-state index is 13.0. The van der Waals surface area contributed by atoms with Crippen molar-refractivity contribution in [2.24, 2.45) is 0 Å². The van der Waals surface area contributed by atoms with Crippen LogP contribution in [0.25, 0.3) is 10.9 Å². The highest BCUT2D eigenvalue weighted by molar-refractivity contribution is 5.86. The van der Waals surface area contributed by atoms with Crippen molar-refractivity contribution >= 4 is 10.9 Å². The predicted octanol–water partition coefficient (Wildman–Crippen LogP) is 5.69. The molecule has 0 aliphatic carbocycles. The third-order valence-electron chi connectivity index (χ3n) is 4.19. The smallest absolute Gasteiger partial charge is 0.416 e. The van der Waals surface area contributed by atoms with E-state index < -0.39 is 11.7 Å². The fraction of sp³-hybridized carbons (Fsp3) is 0.300. The Bertz CT molecular complexity index is 852. The van der Waals surface area contributed by atoms with Crippen molar-refractivity contribution in [1.29, 1.82) is 0 Å². The molecule has 0 atom stereocenters. The van der Waals surface area contributed by atoms with Crippen LogP contribution in [-0.2, 0) is 19.1 Å². The maximum absolute atomic E-state index is 13.0. The number of halogens is 3. The molecule has 0 spiro atoms. The van der Waals surface area contributed by atoms with Crippen LogP contribution in [0.15, 0.2) is 54.7 Å². The summed E-state index contributed by atoms with van der Waals surface area (Å²) < 4.78 is 47.1. The fourth-order valence-corrected chi connectivity index (χ4v) is 3.04. The van der Waals surface area contributed by atoms with Crippen LogP contribution in [0.5, 0.6) is 5.75 Å². The number of nitrogens with zero attached hydrogens (tertiary/aromatic N) is 1. The first kappa shape index (κ1) is 17.4. The number of alkyl halides is 3. The highest BCUT2D eigenvalue weighted by Gasteiger charge is 2.32. The van der Waals surface area contributed by atoms with Crippen molar-refractivity contribution in [1.82, 2.24) is 4.57 Å². The Morgan fingerprint density at radius 2 is 1.80 bits per heavy atom. The van der Waals surface area contributed by atoms with Crippen molar-refractivity contribution < 1.29 is 17.9 Å². The second kappa shape index (κ2) is 7.21. The largest absolute Gasteiger partial charge is 0.493 e. The molecule has 1 aromatic heterocycles. The first-order valence-electron chi connectivity index (χ1n) is 8.36. The van der Waals surface area contributed by atoms with Crippen molar-refractivity contribution in [2.45, 2.75) is 32.5 Å². The van der Waals surface area contributed by atoms with Crippen LogP contribution >= 0.6 is 0 Å². The van der Waals surface area contributed by atoms with Gasteiger partial charge in [0.05, 0.1) is 17.7 Å². The molecule has 0 saturated carbocycles. The molecule has 3 rings (SSSR count). The normalized spacial score (nSPS) is 11.8. The molecule has 2 nitrogen and oxygen atoms in total. The van der Waals surface area contributed by atoms with E-state index in [2.05, 4.69) is 11.5 Å². The summed E-state index contributed by atoms with van der Waals surface area (Å²) in [5, 5.41) is 0.986. The van der Waals surface area contributed by atoms with Gasteiger partial charge in [-0.3, -0.25) is 0 Å². The highest BCUT2D eigenvalue weighted by atomic mass is 19.4. The molecule has 1 heterocycles. The maximum Gasteiger partial charge on any atom is 0.416 e. The average molecular weight is 347 g/mol. The Morgan fingerprint density at radius 3 is 2.56 bits per heavy atom. The number of hydrogen-bond acceptors (Lipinski definition) is 1. The number of fused-ring (bicyclic) bond motifs is 1. The number of ether oxygens (including phenoxy) is 1. The molecule has 0 N–H and O–H groups in total. The van der Waals surface area contributed by atoms with Crippen LogP contribution in [0, 0.1) is 0 Å². The van der Waals surface area contributed by atoms with Crippen molar-refractivity contribution in [3.05, 3.63) is 65.9 Å². The van der Waals surface area contributed by atoms with Crippen LogP contribution < -0.4 is 4.74 Å². The van der Waals surface area contributed by atoms with Gasteiger partial charge >= 0.3 is 6.18 Å². The van der Waals surface area contributed by atoms with E-state index in [1.54, 1.807) is 6.07 Å². The van der Waals surface area contributed by atoms with Gasteiger partial charge < -0.3 is 9.30 Å². The number of benzene rings is 2. The number of rotatable bonds is 6. The summed E-state index contributed by atoms with van der Waals surface area (Å²) in [6.07, 6.45) is -1.08. The van der Waals surface area contributed by atoms with Gasteiger partial charge in [-0.1, -0.05) is 31.2 Å². The topological polar surface area (TPSA) is 14.2 Å². The SMILES string of the molecule is CCCn1ccc2c(OCCc3ccccc3C(F)(F)F)cccc21. The summed E-state index contributed by atoms with van der Waals surface area (Å²) in [7, 11) is 0. The quantitative estimate of drug-likeness (QED) is 0.558. The number of aromatic nitrogens is 1. The van der Waals surface area contributed by atoms with E-state index in [1.807, 2.05) is 30.5 Å². The highest BCUT2D eigenvalue weighted by Crippen LogP contribution is 2.32. The second-order valence-corrected chi connectivity index (χ2v) is 5.95. The summed E-state index contributed by atoms with van der Waals surface area (Å²) in [6, 6.07) is 13.4. The third-order valence-corrected chi connectivity index (χ3v) is 4.19. The third kappa shape index (κ3) is 3.81. The molecule has 0 amide bonds. The summed E-state index contributed by atoms with van der Waals surface area (Å²) in [6.45, 7) is 3.24. The molecule has 5 heteroatoms. The standard InChI is InChI=1S/C20H20F3NO/c1-2-12-24-13-10-16-18(24)8-5-9-19(16)25-14-11-15-6-3-4-7-17(15)20(21,22)23/h3-10,13H,2,11-12,14H2,1H3. The van der Waals surface area contributed by atoms with Gasteiger partial charge in [0.15, 0.2) is 0 Å². The fourth-order valence-electron chi connectivity index (χ4n) is 3.04. The van der Waals surface area contributed by atoms with Crippen molar-refractivity contribution in [3.63, 3.8) is 0 Å². The molecule has 2 aromatic carbocycles. The molecule has 0 aliphatic rings. The Hall–Kier alpha value is -2.43. The van der Waals surface area contributed by atoms with Crippen LogP contribution in [0.4, 0.5) is 13.2 Å². The lowest BCUT2D eigenvalue weighted by atomic mass is 10.0. The second-order valence-electron chi connectivity index (χ2n) is 5.95. The van der Waals surface area contributed by atoms with Crippen LogP contribution in [0.3, 0.4) is 0 Å². The summed E-state index contributed by atoms with van der Waals surface area (Å²) in [5.41, 5.74) is 0.742. The van der Waals surface area contributed by atoms with Crippen molar-refractivity contribution in [2.75, 3.05) is 6.61 Å². The van der Waals surface area contributed by atoms with E-state index in [0.717, 1.165) is 29.9 Å². The van der Waals surface area contributed by atoms with E-state index in [9.17, 15) is 13.2 Å². The van der Waals surface area contributed by atoms with Gasteiger partial charge in [-0.2, -0.15) is 13.2 Å². The molecule has 0 radical (unpaired) electrons.